The van der Waals surface area contributed by atoms with Crippen LogP contribution in [0.1, 0.15) is 27.8 Å². The second kappa shape index (κ2) is 7.13. The van der Waals surface area contributed by atoms with Crippen molar-refractivity contribution in [3.8, 4) is 5.75 Å². The van der Waals surface area contributed by atoms with Crippen molar-refractivity contribution in [3.63, 3.8) is 0 Å². The molecule has 0 spiro atoms. The van der Waals surface area contributed by atoms with Gasteiger partial charge in [-0.05, 0) is 66.3 Å². The number of halogens is 1. The number of phenols is 1. The summed E-state index contributed by atoms with van der Waals surface area (Å²) in [6, 6.07) is 20.7. The third-order valence-corrected chi connectivity index (χ3v) is 5.33. The Balaban J connectivity index is 1.72. The quantitative estimate of drug-likeness (QED) is 0.447. The fraction of sp³-hybridized carbons (Fsp3) is 0.167. The van der Waals surface area contributed by atoms with Crippen molar-refractivity contribution in [2.24, 2.45) is 0 Å². The summed E-state index contributed by atoms with van der Waals surface area (Å²) in [4.78, 5) is 0. The van der Waals surface area contributed by atoms with Gasteiger partial charge in [0.15, 0.2) is 0 Å². The minimum absolute atomic E-state index is 0.393. The Kier molecular flexibility index (Phi) is 4.67. The van der Waals surface area contributed by atoms with Gasteiger partial charge in [0.2, 0.25) is 0 Å². The van der Waals surface area contributed by atoms with Gasteiger partial charge in [0.1, 0.15) is 5.75 Å². The summed E-state index contributed by atoms with van der Waals surface area (Å²) in [7, 11) is 0. The van der Waals surface area contributed by atoms with Gasteiger partial charge in [0.05, 0.1) is 0 Å². The summed E-state index contributed by atoms with van der Waals surface area (Å²) in [5.74, 6) is 0.393. The van der Waals surface area contributed by atoms with E-state index < -0.39 is 0 Å². The van der Waals surface area contributed by atoms with E-state index in [4.69, 9.17) is 11.6 Å². The van der Waals surface area contributed by atoms with Crippen LogP contribution in [0.3, 0.4) is 0 Å². The molecule has 0 saturated carbocycles. The van der Waals surface area contributed by atoms with Crippen LogP contribution in [0.5, 0.6) is 5.75 Å². The standard InChI is InChI=1S/C24H22ClNO/c1-16-11-19(12-17(2)24(16)27)13-20-15-26(23-6-4-3-5-22(20)23)14-18-7-9-21(25)10-8-18/h3-12,15,27H,13-14H2,1-2H3. The molecule has 4 rings (SSSR count). The topological polar surface area (TPSA) is 25.2 Å². The zero-order valence-electron chi connectivity index (χ0n) is 15.5. The van der Waals surface area contributed by atoms with Crippen molar-refractivity contribution in [3.05, 3.63) is 99.7 Å². The fourth-order valence-electron chi connectivity index (χ4n) is 3.75. The SMILES string of the molecule is Cc1cc(Cc2cn(Cc3ccc(Cl)cc3)c3ccccc23)cc(C)c1O. The fourth-order valence-corrected chi connectivity index (χ4v) is 3.87. The van der Waals surface area contributed by atoms with E-state index in [0.717, 1.165) is 29.1 Å². The average Bonchev–Trinajstić information content (AvgIpc) is 2.99. The van der Waals surface area contributed by atoms with Crippen molar-refractivity contribution in [2.45, 2.75) is 26.8 Å². The summed E-state index contributed by atoms with van der Waals surface area (Å²) in [6.45, 7) is 4.72. The first-order valence-electron chi connectivity index (χ1n) is 9.11. The molecule has 27 heavy (non-hydrogen) atoms. The van der Waals surface area contributed by atoms with Gasteiger partial charge in [-0.1, -0.05) is 54.1 Å². The van der Waals surface area contributed by atoms with Crippen LogP contribution in [0, 0.1) is 13.8 Å². The van der Waals surface area contributed by atoms with Gasteiger partial charge >= 0.3 is 0 Å². The summed E-state index contributed by atoms with van der Waals surface area (Å²) < 4.78 is 2.30. The molecule has 3 heteroatoms. The predicted octanol–water partition coefficient (Wildman–Crippen LogP) is 6.26. The van der Waals surface area contributed by atoms with E-state index in [1.807, 2.05) is 26.0 Å². The highest BCUT2D eigenvalue weighted by Crippen LogP contribution is 2.28. The van der Waals surface area contributed by atoms with Gasteiger partial charge in [-0.3, -0.25) is 0 Å². The highest BCUT2D eigenvalue weighted by atomic mass is 35.5. The van der Waals surface area contributed by atoms with Crippen LogP contribution >= 0.6 is 11.6 Å². The lowest BCUT2D eigenvalue weighted by Gasteiger charge is -2.07. The number of aromatic nitrogens is 1. The van der Waals surface area contributed by atoms with Crippen LogP contribution in [-0.4, -0.2) is 9.67 Å². The lowest BCUT2D eigenvalue weighted by molar-refractivity contribution is 0.466. The minimum Gasteiger partial charge on any atom is -0.507 e. The van der Waals surface area contributed by atoms with E-state index in [0.29, 0.717) is 5.75 Å². The molecule has 0 amide bonds. The molecule has 0 radical (unpaired) electrons. The molecular weight excluding hydrogens is 354 g/mol. The summed E-state index contributed by atoms with van der Waals surface area (Å²) in [6.07, 6.45) is 3.09. The van der Waals surface area contributed by atoms with Crippen molar-refractivity contribution in [1.82, 2.24) is 4.57 Å². The first-order valence-corrected chi connectivity index (χ1v) is 9.49. The maximum Gasteiger partial charge on any atom is 0.121 e. The molecule has 0 unspecified atom stereocenters. The number of nitrogens with zero attached hydrogens (tertiary/aromatic N) is 1. The minimum atomic E-state index is 0.393. The molecule has 3 aromatic carbocycles. The average molecular weight is 376 g/mol. The molecule has 0 fully saturated rings. The maximum atomic E-state index is 10.0. The Hall–Kier alpha value is -2.71. The molecule has 0 atom stereocenters. The Bertz CT molecular complexity index is 1090. The Morgan fingerprint density at radius 1 is 0.889 bits per heavy atom. The van der Waals surface area contributed by atoms with Gasteiger partial charge in [-0.25, -0.2) is 0 Å². The largest absolute Gasteiger partial charge is 0.507 e. The van der Waals surface area contributed by atoms with Crippen molar-refractivity contribution in [2.75, 3.05) is 0 Å². The number of rotatable bonds is 4. The van der Waals surface area contributed by atoms with Gasteiger partial charge < -0.3 is 9.67 Å². The number of para-hydroxylation sites is 1. The molecule has 0 saturated heterocycles. The molecule has 0 aliphatic heterocycles. The Labute approximate surface area is 164 Å². The molecule has 136 valence electrons. The van der Waals surface area contributed by atoms with Crippen LogP contribution < -0.4 is 0 Å². The molecule has 4 aromatic rings. The van der Waals surface area contributed by atoms with Crippen molar-refractivity contribution in [1.29, 1.82) is 0 Å². The molecule has 1 aromatic heterocycles. The smallest absolute Gasteiger partial charge is 0.121 e. The highest BCUT2D eigenvalue weighted by Gasteiger charge is 2.11. The van der Waals surface area contributed by atoms with E-state index in [2.05, 4.69) is 59.3 Å². The number of hydrogen-bond acceptors (Lipinski definition) is 1. The lowest BCUT2D eigenvalue weighted by Crippen LogP contribution is -1.97. The molecule has 1 N–H and O–H groups in total. The maximum absolute atomic E-state index is 10.0. The first kappa shape index (κ1) is 17.7. The number of phenolic OH excluding ortho intramolecular Hbond substituents is 1. The molecule has 0 aliphatic rings. The van der Waals surface area contributed by atoms with Gasteiger partial charge in [0, 0.05) is 28.7 Å². The van der Waals surface area contributed by atoms with Crippen LogP contribution in [-0.2, 0) is 13.0 Å². The molecule has 1 heterocycles. The van der Waals surface area contributed by atoms with E-state index in [1.54, 1.807) is 0 Å². The van der Waals surface area contributed by atoms with Crippen LogP contribution in [0.4, 0.5) is 0 Å². The number of benzene rings is 3. The molecule has 0 bridgehead atoms. The van der Waals surface area contributed by atoms with Crippen LogP contribution in [0.15, 0.2) is 66.9 Å². The highest BCUT2D eigenvalue weighted by molar-refractivity contribution is 6.30. The van der Waals surface area contributed by atoms with Crippen molar-refractivity contribution < 1.29 is 5.11 Å². The normalized spacial score (nSPS) is 11.2. The first-order chi connectivity index (χ1) is 13.0. The number of aryl methyl sites for hydroxylation is 2. The van der Waals surface area contributed by atoms with E-state index in [-0.39, 0.29) is 0 Å². The Morgan fingerprint density at radius 3 is 2.26 bits per heavy atom. The summed E-state index contributed by atoms with van der Waals surface area (Å²) >= 11 is 6.02. The molecule has 2 nitrogen and oxygen atoms in total. The van der Waals surface area contributed by atoms with Gasteiger partial charge in [-0.2, -0.15) is 0 Å². The molecular formula is C24H22ClNO. The summed E-state index contributed by atoms with van der Waals surface area (Å²) in [5.41, 5.74) is 6.82. The number of aromatic hydroxyl groups is 1. The van der Waals surface area contributed by atoms with Crippen molar-refractivity contribution >= 4 is 22.5 Å². The second-order valence-electron chi connectivity index (χ2n) is 7.18. The number of fused-ring (bicyclic) bond motifs is 1. The van der Waals surface area contributed by atoms with Crippen LogP contribution in [0.2, 0.25) is 5.02 Å². The molecule has 0 aliphatic carbocycles. The van der Waals surface area contributed by atoms with Crippen LogP contribution in [0.25, 0.3) is 10.9 Å². The lowest BCUT2D eigenvalue weighted by atomic mass is 9.99. The van der Waals surface area contributed by atoms with E-state index in [1.165, 1.54) is 27.6 Å². The predicted molar refractivity (Wildman–Crippen MR) is 113 cm³/mol. The van der Waals surface area contributed by atoms with Gasteiger partial charge in [0.25, 0.3) is 0 Å². The van der Waals surface area contributed by atoms with E-state index >= 15 is 0 Å². The number of hydrogen-bond donors (Lipinski definition) is 1. The third-order valence-electron chi connectivity index (χ3n) is 5.08. The third kappa shape index (κ3) is 3.58. The Morgan fingerprint density at radius 2 is 1.56 bits per heavy atom. The zero-order valence-corrected chi connectivity index (χ0v) is 16.3. The van der Waals surface area contributed by atoms with E-state index in [9.17, 15) is 5.11 Å². The summed E-state index contributed by atoms with van der Waals surface area (Å²) in [5, 5.41) is 12.1. The zero-order chi connectivity index (χ0) is 19.0. The second-order valence-corrected chi connectivity index (χ2v) is 7.62. The van der Waals surface area contributed by atoms with Gasteiger partial charge in [-0.15, -0.1) is 0 Å². The monoisotopic (exact) mass is 375 g/mol.